The van der Waals surface area contributed by atoms with E-state index in [-0.39, 0.29) is 10.8 Å². The van der Waals surface area contributed by atoms with E-state index in [2.05, 4.69) is 5.10 Å². The molecule has 0 radical (unpaired) electrons. The molecule has 0 spiro atoms. The van der Waals surface area contributed by atoms with E-state index in [9.17, 15) is 8.42 Å². The van der Waals surface area contributed by atoms with Crippen LogP contribution in [0.4, 0.5) is 0 Å². The van der Waals surface area contributed by atoms with Crippen molar-refractivity contribution in [1.82, 2.24) is 9.19 Å². The Morgan fingerprint density at radius 2 is 2.05 bits per heavy atom. The second-order valence-corrected chi connectivity index (χ2v) is 6.21. The molecule has 0 saturated carbocycles. The van der Waals surface area contributed by atoms with Crippen LogP contribution in [0, 0.1) is 0 Å². The van der Waals surface area contributed by atoms with E-state index in [1.807, 2.05) is 19.9 Å². The number of hydrogen-bond donors (Lipinski definition) is 0. The Hall–Kier alpha value is -1.82. The minimum Gasteiger partial charge on any atom is -0.495 e. The fraction of sp³-hybridized carbons (Fsp3) is 0.308. The Morgan fingerprint density at radius 1 is 1.32 bits per heavy atom. The van der Waals surface area contributed by atoms with Crippen LogP contribution in [0.2, 0.25) is 0 Å². The number of hydrogen-bond acceptors (Lipinski definition) is 4. The van der Waals surface area contributed by atoms with Gasteiger partial charge in [0, 0.05) is 6.20 Å². The van der Waals surface area contributed by atoms with E-state index in [4.69, 9.17) is 4.74 Å². The number of methoxy groups -OCH3 is 1. The number of ether oxygens (including phenoxy) is 1. The molecule has 2 aromatic rings. The summed E-state index contributed by atoms with van der Waals surface area (Å²) in [6.07, 6.45) is 2.83. The molecular formula is C13H16N2O3S. The largest absolute Gasteiger partial charge is 0.495 e. The molecule has 0 N–H and O–H groups in total. The summed E-state index contributed by atoms with van der Waals surface area (Å²) >= 11 is 0. The third kappa shape index (κ3) is 2.49. The summed E-state index contributed by atoms with van der Waals surface area (Å²) in [6, 6.07) is 6.74. The molecule has 2 rings (SSSR count). The molecule has 5 nitrogen and oxygen atoms in total. The molecule has 0 bridgehead atoms. The molecule has 19 heavy (non-hydrogen) atoms. The van der Waals surface area contributed by atoms with E-state index < -0.39 is 10.0 Å². The highest BCUT2D eigenvalue weighted by atomic mass is 32.2. The molecule has 0 fully saturated rings. The van der Waals surface area contributed by atoms with E-state index in [1.165, 1.54) is 19.5 Å². The van der Waals surface area contributed by atoms with Crippen molar-refractivity contribution < 1.29 is 13.2 Å². The second-order valence-electron chi connectivity index (χ2n) is 4.45. The SMILES string of the molecule is COc1ccc(C(C)C)cc1S(=O)(=O)n1cccn1. The maximum absolute atomic E-state index is 12.5. The van der Waals surface area contributed by atoms with Gasteiger partial charge in [0.15, 0.2) is 0 Å². The minimum absolute atomic E-state index is 0.130. The zero-order chi connectivity index (χ0) is 14.0. The van der Waals surface area contributed by atoms with E-state index in [0.717, 1.165) is 9.65 Å². The van der Waals surface area contributed by atoms with Crippen LogP contribution >= 0.6 is 0 Å². The lowest BCUT2D eigenvalue weighted by molar-refractivity contribution is 0.402. The van der Waals surface area contributed by atoms with Crippen LogP contribution in [-0.2, 0) is 10.0 Å². The van der Waals surface area contributed by atoms with Crippen LogP contribution in [-0.4, -0.2) is 24.7 Å². The third-order valence-electron chi connectivity index (χ3n) is 2.86. The Morgan fingerprint density at radius 3 is 2.58 bits per heavy atom. The second kappa shape index (κ2) is 5.05. The molecule has 0 unspecified atom stereocenters. The van der Waals surface area contributed by atoms with Crippen molar-refractivity contribution in [2.24, 2.45) is 0 Å². The molecule has 6 heteroatoms. The predicted octanol–water partition coefficient (Wildman–Crippen LogP) is 2.25. The summed E-state index contributed by atoms with van der Waals surface area (Å²) in [7, 11) is -2.26. The number of nitrogens with zero attached hydrogens (tertiary/aromatic N) is 2. The maximum atomic E-state index is 12.5. The first-order valence-corrected chi connectivity index (χ1v) is 7.34. The molecule has 0 atom stereocenters. The first-order valence-electron chi connectivity index (χ1n) is 5.90. The van der Waals surface area contributed by atoms with Crippen molar-refractivity contribution in [2.45, 2.75) is 24.7 Å². The van der Waals surface area contributed by atoms with E-state index in [0.29, 0.717) is 5.75 Å². The first-order chi connectivity index (χ1) is 8.96. The quantitative estimate of drug-likeness (QED) is 0.861. The van der Waals surface area contributed by atoms with Crippen LogP contribution < -0.4 is 4.74 Å². The lowest BCUT2D eigenvalue weighted by Gasteiger charge is -2.13. The number of aromatic nitrogens is 2. The van der Waals surface area contributed by atoms with Crippen molar-refractivity contribution in [3.05, 3.63) is 42.2 Å². The maximum Gasteiger partial charge on any atom is 0.286 e. The average Bonchev–Trinajstić information content (AvgIpc) is 2.92. The van der Waals surface area contributed by atoms with Gasteiger partial charge in [-0.2, -0.15) is 17.6 Å². The van der Waals surface area contributed by atoms with Gasteiger partial charge in [0.25, 0.3) is 10.0 Å². The van der Waals surface area contributed by atoms with Crippen LogP contribution in [0.25, 0.3) is 0 Å². The standard InChI is InChI=1S/C13H16N2O3S/c1-10(2)11-5-6-12(18-3)13(9-11)19(16,17)15-8-4-7-14-15/h4-10H,1-3H3. The lowest BCUT2D eigenvalue weighted by atomic mass is 10.0. The Labute approximate surface area is 112 Å². The predicted molar refractivity (Wildman–Crippen MR) is 71.9 cm³/mol. The van der Waals surface area contributed by atoms with Crippen molar-refractivity contribution in [2.75, 3.05) is 7.11 Å². The number of benzene rings is 1. The number of rotatable bonds is 4. The highest BCUT2D eigenvalue weighted by molar-refractivity contribution is 7.90. The summed E-state index contributed by atoms with van der Waals surface area (Å²) in [4.78, 5) is 0.130. The first kappa shape index (κ1) is 13.6. The highest BCUT2D eigenvalue weighted by Crippen LogP contribution is 2.29. The van der Waals surface area contributed by atoms with Crippen molar-refractivity contribution in [1.29, 1.82) is 0 Å². The Bertz CT molecular complexity index is 661. The molecule has 1 aromatic heterocycles. The summed E-state index contributed by atoms with van der Waals surface area (Å²) in [5.74, 6) is 0.553. The summed E-state index contributed by atoms with van der Waals surface area (Å²) < 4.78 is 31.0. The summed E-state index contributed by atoms with van der Waals surface area (Å²) in [6.45, 7) is 4.01. The molecule has 0 aliphatic rings. The molecule has 0 saturated heterocycles. The summed E-state index contributed by atoms with van der Waals surface area (Å²) in [5, 5.41) is 3.79. The van der Waals surface area contributed by atoms with Gasteiger partial charge >= 0.3 is 0 Å². The molecule has 0 amide bonds. The normalized spacial score (nSPS) is 11.8. The molecule has 1 heterocycles. The van der Waals surface area contributed by atoms with Crippen LogP contribution in [0.5, 0.6) is 5.75 Å². The van der Waals surface area contributed by atoms with Gasteiger partial charge in [-0.3, -0.25) is 0 Å². The third-order valence-corrected chi connectivity index (χ3v) is 4.44. The Kier molecular flexibility index (Phi) is 3.61. The van der Waals surface area contributed by atoms with Crippen LogP contribution in [0.15, 0.2) is 41.6 Å². The van der Waals surface area contributed by atoms with Gasteiger partial charge in [0.05, 0.1) is 13.3 Å². The monoisotopic (exact) mass is 280 g/mol. The van der Waals surface area contributed by atoms with Crippen LogP contribution in [0.1, 0.15) is 25.3 Å². The fourth-order valence-corrected chi connectivity index (χ4v) is 3.05. The van der Waals surface area contributed by atoms with Gasteiger partial charge < -0.3 is 4.74 Å². The van der Waals surface area contributed by atoms with Crippen molar-refractivity contribution in [3.8, 4) is 5.75 Å². The van der Waals surface area contributed by atoms with Gasteiger partial charge in [-0.15, -0.1) is 0 Å². The molecular weight excluding hydrogens is 264 g/mol. The van der Waals surface area contributed by atoms with Gasteiger partial charge in [-0.05, 0) is 29.7 Å². The van der Waals surface area contributed by atoms with Gasteiger partial charge in [-0.25, -0.2) is 0 Å². The zero-order valence-electron chi connectivity index (χ0n) is 11.1. The molecule has 0 aliphatic heterocycles. The fourth-order valence-electron chi connectivity index (χ4n) is 1.75. The van der Waals surface area contributed by atoms with E-state index >= 15 is 0 Å². The highest BCUT2D eigenvalue weighted by Gasteiger charge is 2.22. The molecule has 102 valence electrons. The van der Waals surface area contributed by atoms with Gasteiger partial charge in [0.2, 0.25) is 0 Å². The van der Waals surface area contributed by atoms with Crippen molar-refractivity contribution in [3.63, 3.8) is 0 Å². The smallest absolute Gasteiger partial charge is 0.286 e. The van der Waals surface area contributed by atoms with Gasteiger partial charge in [0.1, 0.15) is 10.6 Å². The minimum atomic E-state index is -3.71. The van der Waals surface area contributed by atoms with Gasteiger partial charge in [-0.1, -0.05) is 19.9 Å². The molecule has 1 aromatic carbocycles. The topological polar surface area (TPSA) is 61.2 Å². The van der Waals surface area contributed by atoms with E-state index in [1.54, 1.807) is 18.2 Å². The zero-order valence-corrected chi connectivity index (χ0v) is 11.9. The summed E-state index contributed by atoms with van der Waals surface area (Å²) in [5.41, 5.74) is 0.937. The lowest BCUT2D eigenvalue weighted by Crippen LogP contribution is -2.15. The molecule has 0 aliphatic carbocycles. The van der Waals surface area contributed by atoms with Crippen molar-refractivity contribution >= 4 is 10.0 Å². The Balaban J connectivity index is 2.63. The average molecular weight is 280 g/mol. The van der Waals surface area contributed by atoms with Crippen LogP contribution in [0.3, 0.4) is 0 Å².